The number of carbonyl (C=O) groups excluding carboxylic acids is 2. The summed E-state index contributed by atoms with van der Waals surface area (Å²) in [7, 11) is 1.51. The van der Waals surface area contributed by atoms with E-state index >= 15 is 0 Å². The van der Waals surface area contributed by atoms with Gasteiger partial charge in [0.1, 0.15) is 5.82 Å². The van der Waals surface area contributed by atoms with Gasteiger partial charge in [0.15, 0.2) is 13.1 Å². The predicted octanol–water partition coefficient (Wildman–Crippen LogP) is -0.273. The molecule has 18 heavy (non-hydrogen) atoms. The van der Waals surface area contributed by atoms with E-state index in [1.165, 1.54) is 30.6 Å². The second kappa shape index (κ2) is 6.93. The molecule has 0 fully saturated rings. The van der Waals surface area contributed by atoms with Crippen molar-refractivity contribution in [1.82, 2.24) is 5.32 Å². The number of hydrogen-bond donors (Lipinski definition) is 3. The summed E-state index contributed by atoms with van der Waals surface area (Å²) < 4.78 is 13.3. The van der Waals surface area contributed by atoms with Crippen LogP contribution >= 0.6 is 11.6 Å². The smallest absolute Gasteiger partial charge is 0.279 e. The maximum Gasteiger partial charge on any atom is 0.279 e. The van der Waals surface area contributed by atoms with Gasteiger partial charge in [-0.15, -0.1) is 0 Å². The molecule has 1 rings (SSSR count). The van der Waals surface area contributed by atoms with Gasteiger partial charge in [0, 0.05) is 12.1 Å². The number of nitrogens with two attached hydrogens (primary N) is 1. The first kappa shape index (κ1) is 14.4. The quantitative estimate of drug-likeness (QED) is 0.691. The van der Waals surface area contributed by atoms with Crippen molar-refractivity contribution in [2.45, 2.75) is 0 Å². The third-order valence-corrected chi connectivity index (χ3v) is 2.38. The van der Waals surface area contributed by atoms with Crippen molar-refractivity contribution >= 4 is 29.1 Å². The van der Waals surface area contributed by atoms with E-state index in [1.54, 1.807) is 0 Å². The highest BCUT2D eigenvalue weighted by molar-refractivity contribution is 6.30. The van der Waals surface area contributed by atoms with E-state index in [1.807, 2.05) is 0 Å². The lowest BCUT2D eigenvalue weighted by Gasteiger charge is -2.06. The van der Waals surface area contributed by atoms with Crippen LogP contribution in [0.15, 0.2) is 18.2 Å². The lowest BCUT2D eigenvalue weighted by Crippen LogP contribution is -2.88. The molecule has 0 aliphatic rings. The van der Waals surface area contributed by atoms with Crippen molar-refractivity contribution in [3.63, 3.8) is 0 Å². The Balaban J connectivity index is 2.44. The van der Waals surface area contributed by atoms with E-state index in [0.717, 1.165) is 0 Å². The summed E-state index contributed by atoms with van der Waals surface area (Å²) in [6.45, 7) is 0.168. The normalized spacial score (nSPS) is 9.94. The van der Waals surface area contributed by atoms with Crippen LogP contribution in [0.1, 0.15) is 0 Å². The number of nitrogens with one attached hydrogen (secondary N) is 2. The minimum atomic E-state index is -0.556. The van der Waals surface area contributed by atoms with Crippen molar-refractivity contribution in [2.75, 3.05) is 25.5 Å². The fraction of sp³-hybridized carbons (Fsp3) is 0.273. The highest BCUT2D eigenvalue weighted by atomic mass is 35.5. The molecule has 0 spiro atoms. The maximum atomic E-state index is 13.3. The van der Waals surface area contributed by atoms with E-state index in [2.05, 4.69) is 10.6 Å². The van der Waals surface area contributed by atoms with Crippen LogP contribution in [0, 0.1) is 5.82 Å². The summed E-state index contributed by atoms with van der Waals surface area (Å²) in [5.74, 6) is -1.14. The summed E-state index contributed by atoms with van der Waals surface area (Å²) >= 11 is 5.69. The molecule has 5 nitrogen and oxygen atoms in total. The van der Waals surface area contributed by atoms with Crippen LogP contribution in [-0.2, 0) is 9.59 Å². The van der Waals surface area contributed by atoms with Crippen LogP contribution in [0.3, 0.4) is 0 Å². The van der Waals surface area contributed by atoms with Crippen molar-refractivity contribution in [2.24, 2.45) is 0 Å². The Morgan fingerprint density at radius 2 is 2.00 bits per heavy atom. The van der Waals surface area contributed by atoms with E-state index < -0.39 is 11.7 Å². The molecule has 98 valence electrons. The number of rotatable bonds is 5. The summed E-state index contributed by atoms with van der Waals surface area (Å²) in [6, 6.07) is 3.89. The molecule has 4 N–H and O–H groups in total. The minimum absolute atomic E-state index is 0.0272. The number of halogens is 2. The fourth-order valence-electron chi connectivity index (χ4n) is 1.23. The van der Waals surface area contributed by atoms with Crippen LogP contribution in [0.5, 0.6) is 0 Å². The SMILES string of the molecule is CNC(=O)C[NH2+]CC(=O)Nc1cc(Cl)ccc1F. The molecule has 0 radical (unpaired) electrons. The summed E-state index contributed by atoms with van der Waals surface area (Å²) in [4.78, 5) is 22.4. The minimum Gasteiger partial charge on any atom is -0.354 e. The Morgan fingerprint density at radius 3 is 2.67 bits per heavy atom. The highest BCUT2D eigenvalue weighted by Crippen LogP contribution is 2.19. The highest BCUT2D eigenvalue weighted by Gasteiger charge is 2.10. The molecule has 0 aliphatic carbocycles. The number of amides is 2. The first-order valence-electron chi connectivity index (χ1n) is 5.30. The van der Waals surface area contributed by atoms with Crippen LogP contribution in [0.4, 0.5) is 10.1 Å². The molecular weight excluding hydrogens is 261 g/mol. The average molecular weight is 275 g/mol. The number of benzene rings is 1. The average Bonchev–Trinajstić information content (AvgIpc) is 2.33. The van der Waals surface area contributed by atoms with Crippen LogP contribution < -0.4 is 16.0 Å². The van der Waals surface area contributed by atoms with Gasteiger partial charge in [-0.3, -0.25) is 9.59 Å². The molecule has 1 aromatic carbocycles. The van der Waals surface area contributed by atoms with Gasteiger partial charge in [0.25, 0.3) is 11.8 Å². The molecule has 0 bridgehead atoms. The first-order chi connectivity index (χ1) is 8.52. The summed E-state index contributed by atoms with van der Waals surface area (Å²) in [6.07, 6.45) is 0. The van der Waals surface area contributed by atoms with Crippen LogP contribution in [0.2, 0.25) is 5.02 Å². The predicted molar refractivity (Wildman–Crippen MR) is 65.8 cm³/mol. The Bertz CT molecular complexity index is 454. The number of quaternary nitrogens is 1. The van der Waals surface area contributed by atoms with Crippen molar-refractivity contribution in [3.8, 4) is 0 Å². The molecule has 0 saturated heterocycles. The van der Waals surface area contributed by atoms with Crippen LogP contribution in [-0.4, -0.2) is 32.0 Å². The van der Waals surface area contributed by atoms with Crippen molar-refractivity contribution < 1.29 is 19.3 Å². The molecule has 0 aromatic heterocycles. The van der Waals surface area contributed by atoms with E-state index in [-0.39, 0.29) is 24.7 Å². The number of carbonyl (C=O) groups is 2. The molecule has 0 saturated carbocycles. The Kier molecular flexibility index (Phi) is 5.54. The first-order valence-corrected chi connectivity index (χ1v) is 5.68. The summed E-state index contributed by atoms with van der Waals surface area (Å²) in [5.41, 5.74) is 0.0286. The topological polar surface area (TPSA) is 74.8 Å². The lowest BCUT2D eigenvalue weighted by molar-refractivity contribution is -0.632. The molecular formula is C11H14ClFN3O2+. The van der Waals surface area contributed by atoms with Gasteiger partial charge < -0.3 is 16.0 Å². The largest absolute Gasteiger partial charge is 0.354 e. The van der Waals surface area contributed by atoms with Gasteiger partial charge in [-0.05, 0) is 18.2 Å². The number of anilines is 1. The monoisotopic (exact) mass is 274 g/mol. The fourth-order valence-corrected chi connectivity index (χ4v) is 1.40. The molecule has 1 aromatic rings. The van der Waals surface area contributed by atoms with E-state index in [4.69, 9.17) is 11.6 Å². The maximum absolute atomic E-state index is 13.3. The van der Waals surface area contributed by atoms with Crippen LogP contribution in [0.25, 0.3) is 0 Å². The molecule has 0 unspecified atom stereocenters. The third-order valence-electron chi connectivity index (χ3n) is 2.14. The summed E-state index contributed by atoms with van der Waals surface area (Å²) in [5, 5.41) is 6.65. The number of hydrogen-bond acceptors (Lipinski definition) is 2. The lowest BCUT2D eigenvalue weighted by atomic mass is 10.3. The second-order valence-electron chi connectivity index (χ2n) is 3.54. The van der Waals surface area contributed by atoms with Crippen molar-refractivity contribution in [1.29, 1.82) is 0 Å². The third kappa shape index (κ3) is 4.68. The number of likely N-dealkylation sites (N-methyl/N-ethyl adjacent to an activating group) is 1. The van der Waals surface area contributed by atoms with Gasteiger partial charge in [0.2, 0.25) is 0 Å². The Morgan fingerprint density at radius 1 is 1.33 bits per heavy atom. The second-order valence-corrected chi connectivity index (χ2v) is 3.98. The zero-order chi connectivity index (χ0) is 13.5. The van der Waals surface area contributed by atoms with Gasteiger partial charge >= 0.3 is 0 Å². The molecule has 7 heteroatoms. The molecule has 0 aliphatic heterocycles. The molecule has 0 atom stereocenters. The van der Waals surface area contributed by atoms with Gasteiger partial charge in [-0.25, -0.2) is 4.39 Å². The zero-order valence-electron chi connectivity index (χ0n) is 9.80. The molecule has 2 amide bonds. The Hall–Kier alpha value is -1.66. The van der Waals surface area contributed by atoms with E-state index in [0.29, 0.717) is 5.02 Å². The van der Waals surface area contributed by atoms with Gasteiger partial charge in [-0.2, -0.15) is 0 Å². The molecule has 0 heterocycles. The van der Waals surface area contributed by atoms with E-state index in [9.17, 15) is 14.0 Å². The van der Waals surface area contributed by atoms with Crippen molar-refractivity contribution in [3.05, 3.63) is 29.0 Å². The standard InChI is InChI=1S/C11H13ClFN3O2/c1-14-10(17)5-15-6-11(18)16-9-4-7(12)2-3-8(9)13/h2-4,15H,5-6H2,1H3,(H,14,17)(H,16,18)/p+1. The van der Waals surface area contributed by atoms with Gasteiger partial charge in [0.05, 0.1) is 5.69 Å². The van der Waals surface area contributed by atoms with Gasteiger partial charge in [-0.1, -0.05) is 11.6 Å². The zero-order valence-corrected chi connectivity index (χ0v) is 10.6. The Labute approximate surface area is 109 Å².